The molecule has 0 unspecified atom stereocenters. The van der Waals surface area contributed by atoms with Crippen LogP contribution in [0.1, 0.15) is 16.8 Å². The van der Waals surface area contributed by atoms with E-state index in [-0.39, 0.29) is 0 Å². The molecule has 3 nitrogen and oxygen atoms in total. The van der Waals surface area contributed by atoms with E-state index in [1.807, 2.05) is 43.8 Å². The third kappa shape index (κ3) is 1.73. The van der Waals surface area contributed by atoms with Gasteiger partial charge in [-0.05, 0) is 50.1 Å². The first-order valence-corrected chi connectivity index (χ1v) is 4.91. The largest absolute Gasteiger partial charge is 0.508 e. The summed E-state index contributed by atoms with van der Waals surface area (Å²) in [7, 11) is 0. The Kier molecular flexibility index (Phi) is 2.23. The van der Waals surface area contributed by atoms with Gasteiger partial charge in [0.15, 0.2) is 0 Å². The number of nitrogens with zero attached hydrogens (tertiary/aromatic N) is 2. The lowest BCUT2D eigenvalue weighted by Crippen LogP contribution is -1.98. The van der Waals surface area contributed by atoms with Gasteiger partial charge in [-0.1, -0.05) is 0 Å². The number of phenols is 1. The number of benzene rings is 1. The van der Waals surface area contributed by atoms with Gasteiger partial charge in [-0.2, -0.15) is 5.10 Å². The van der Waals surface area contributed by atoms with E-state index in [2.05, 4.69) is 5.10 Å². The lowest BCUT2D eigenvalue weighted by Gasteiger charge is -2.08. The quantitative estimate of drug-likeness (QED) is 0.771. The third-order valence-corrected chi connectivity index (χ3v) is 2.48. The third-order valence-electron chi connectivity index (χ3n) is 2.48. The topological polar surface area (TPSA) is 38.0 Å². The molecule has 0 atom stereocenters. The predicted octanol–water partition coefficient (Wildman–Crippen LogP) is 2.50. The van der Waals surface area contributed by atoms with Gasteiger partial charge in [0.2, 0.25) is 0 Å². The second kappa shape index (κ2) is 3.42. The Balaban J connectivity index is 2.58. The first kappa shape index (κ1) is 9.77. The Morgan fingerprint density at radius 1 is 1.13 bits per heavy atom. The van der Waals surface area contributed by atoms with Crippen molar-refractivity contribution in [3.05, 3.63) is 41.2 Å². The Morgan fingerprint density at radius 2 is 1.87 bits per heavy atom. The smallest absolute Gasteiger partial charge is 0.118 e. The second-order valence-corrected chi connectivity index (χ2v) is 3.83. The van der Waals surface area contributed by atoms with Crippen LogP contribution >= 0.6 is 0 Å². The molecular weight excluding hydrogens is 188 g/mol. The highest BCUT2D eigenvalue weighted by molar-refractivity contribution is 5.48. The van der Waals surface area contributed by atoms with Gasteiger partial charge in [0.1, 0.15) is 5.75 Å². The van der Waals surface area contributed by atoms with E-state index in [9.17, 15) is 5.11 Å². The lowest BCUT2D eigenvalue weighted by atomic mass is 10.1. The number of aromatic nitrogens is 2. The van der Waals surface area contributed by atoms with E-state index in [4.69, 9.17) is 0 Å². The van der Waals surface area contributed by atoms with Crippen LogP contribution in [0, 0.1) is 20.8 Å². The summed E-state index contributed by atoms with van der Waals surface area (Å²) in [5.41, 5.74) is 3.88. The molecule has 0 saturated carbocycles. The summed E-state index contributed by atoms with van der Waals surface area (Å²) in [6.45, 7) is 5.80. The molecule has 15 heavy (non-hydrogen) atoms. The molecule has 0 bridgehead atoms. The Bertz CT molecular complexity index is 500. The molecular formula is C12H14N2O. The van der Waals surface area contributed by atoms with Crippen molar-refractivity contribution >= 4 is 0 Å². The average Bonchev–Trinajstić information content (AvgIpc) is 2.58. The van der Waals surface area contributed by atoms with Crippen LogP contribution in [-0.4, -0.2) is 14.9 Å². The maximum Gasteiger partial charge on any atom is 0.118 e. The van der Waals surface area contributed by atoms with Crippen molar-refractivity contribution < 1.29 is 5.11 Å². The lowest BCUT2D eigenvalue weighted by molar-refractivity contribution is 0.470. The molecule has 3 heteroatoms. The fourth-order valence-corrected chi connectivity index (χ4v) is 1.58. The van der Waals surface area contributed by atoms with Crippen molar-refractivity contribution in [2.24, 2.45) is 0 Å². The molecule has 1 aromatic carbocycles. The summed E-state index contributed by atoms with van der Waals surface area (Å²) in [6, 6.07) is 5.67. The number of hydrogen-bond acceptors (Lipinski definition) is 2. The number of rotatable bonds is 1. The standard InChI is InChI=1S/C12H14N2O/c1-8-7-12(15)9(2)6-11(8)14-5-4-10(3)13-14/h4-7,15H,1-3H3. The van der Waals surface area contributed by atoms with Crippen molar-refractivity contribution in [3.63, 3.8) is 0 Å². The van der Waals surface area contributed by atoms with Crippen molar-refractivity contribution in [1.82, 2.24) is 9.78 Å². The molecule has 0 aliphatic carbocycles. The van der Waals surface area contributed by atoms with Crippen LogP contribution in [0.15, 0.2) is 24.4 Å². The van der Waals surface area contributed by atoms with E-state index in [1.165, 1.54) is 0 Å². The van der Waals surface area contributed by atoms with Crippen LogP contribution in [0.3, 0.4) is 0 Å². The Morgan fingerprint density at radius 3 is 2.47 bits per heavy atom. The highest BCUT2D eigenvalue weighted by Gasteiger charge is 2.05. The molecule has 0 amide bonds. The monoisotopic (exact) mass is 202 g/mol. The minimum Gasteiger partial charge on any atom is -0.508 e. The number of aromatic hydroxyl groups is 1. The number of hydrogen-bond donors (Lipinski definition) is 1. The van der Waals surface area contributed by atoms with Crippen molar-refractivity contribution in [1.29, 1.82) is 0 Å². The second-order valence-electron chi connectivity index (χ2n) is 3.83. The van der Waals surface area contributed by atoms with Crippen molar-refractivity contribution in [2.45, 2.75) is 20.8 Å². The van der Waals surface area contributed by atoms with Crippen LogP contribution in [0.25, 0.3) is 5.69 Å². The maximum atomic E-state index is 9.55. The highest BCUT2D eigenvalue weighted by Crippen LogP contribution is 2.23. The summed E-state index contributed by atoms with van der Waals surface area (Å²) in [6.07, 6.45) is 1.92. The number of aryl methyl sites for hydroxylation is 3. The molecule has 0 aliphatic heterocycles. The van der Waals surface area contributed by atoms with E-state index in [0.29, 0.717) is 5.75 Å². The molecule has 0 aliphatic rings. The minimum absolute atomic E-state index is 0.333. The van der Waals surface area contributed by atoms with Gasteiger partial charge < -0.3 is 5.11 Å². The van der Waals surface area contributed by atoms with Gasteiger partial charge in [-0.3, -0.25) is 0 Å². The molecule has 78 valence electrons. The van der Waals surface area contributed by atoms with Gasteiger partial charge in [-0.15, -0.1) is 0 Å². The van der Waals surface area contributed by atoms with Gasteiger partial charge in [0.05, 0.1) is 11.4 Å². The first-order chi connectivity index (χ1) is 7.08. The van der Waals surface area contributed by atoms with Crippen LogP contribution in [0.4, 0.5) is 0 Å². The Hall–Kier alpha value is -1.77. The molecule has 2 aromatic rings. The van der Waals surface area contributed by atoms with E-state index in [1.54, 1.807) is 6.07 Å². The molecule has 1 aromatic heterocycles. The molecule has 0 saturated heterocycles. The summed E-state index contributed by atoms with van der Waals surface area (Å²) in [5.74, 6) is 0.333. The predicted molar refractivity (Wildman–Crippen MR) is 59.4 cm³/mol. The van der Waals surface area contributed by atoms with Gasteiger partial charge >= 0.3 is 0 Å². The number of phenolic OH excluding ortho intramolecular Hbond substituents is 1. The van der Waals surface area contributed by atoms with E-state index in [0.717, 1.165) is 22.5 Å². The zero-order valence-electron chi connectivity index (χ0n) is 9.15. The van der Waals surface area contributed by atoms with Gasteiger partial charge in [0, 0.05) is 6.20 Å². The Labute approximate surface area is 89.0 Å². The SMILES string of the molecule is Cc1ccn(-c2cc(C)c(O)cc2C)n1. The highest BCUT2D eigenvalue weighted by atomic mass is 16.3. The fourth-order valence-electron chi connectivity index (χ4n) is 1.58. The molecule has 0 fully saturated rings. The minimum atomic E-state index is 0.333. The summed E-state index contributed by atoms with van der Waals surface area (Å²) in [5, 5.41) is 13.9. The fraction of sp³-hybridized carbons (Fsp3) is 0.250. The normalized spacial score (nSPS) is 10.6. The van der Waals surface area contributed by atoms with Crippen molar-refractivity contribution in [3.8, 4) is 11.4 Å². The molecule has 0 radical (unpaired) electrons. The molecule has 0 spiro atoms. The zero-order valence-corrected chi connectivity index (χ0v) is 9.15. The van der Waals surface area contributed by atoms with Crippen LogP contribution in [0.2, 0.25) is 0 Å². The first-order valence-electron chi connectivity index (χ1n) is 4.91. The maximum absolute atomic E-state index is 9.55. The van der Waals surface area contributed by atoms with Crippen molar-refractivity contribution in [2.75, 3.05) is 0 Å². The summed E-state index contributed by atoms with van der Waals surface area (Å²) < 4.78 is 1.83. The average molecular weight is 202 g/mol. The van der Waals surface area contributed by atoms with Crippen LogP contribution < -0.4 is 0 Å². The zero-order chi connectivity index (χ0) is 11.0. The molecule has 1 N–H and O–H groups in total. The van der Waals surface area contributed by atoms with Crippen LogP contribution in [0.5, 0.6) is 5.75 Å². The molecule has 1 heterocycles. The molecule has 2 rings (SSSR count). The van der Waals surface area contributed by atoms with Crippen LogP contribution in [-0.2, 0) is 0 Å². The summed E-state index contributed by atoms with van der Waals surface area (Å²) in [4.78, 5) is 0. The summed E-state index contributed by atoms with van der Waals surface area (Å²) >= 11 is 0. The van der Waals surface area contributed by atoms with E-state index < -0.39 is 0 Å². The van der Waals surface area contributed by atoms with Gasteiger partial charge in [0.25, 0.3) is 0 Å². The van der Waals surface area contributed by atoms with Gasteiger partial charge in [-0.25, -0.2) is 4.68 Å². The van der Waals surface area contributed by atoms with E-state index >= 15 is 0 Å².